The smallest absolute Gasteiger partial charge is 0.156 e. The van der Waals surface area contributed by atoms with Crippen molar-refractivity contribution in [2.45, 2.75) is 18.7 Å². The predicted octanol–water partition coefficient (Wildman–Crippen LogP) is 1.29. The second-order valence-electron chi connectivity index (χ2n) is 3.88. The molecule has 0 aromatic carbocycles. The summed E-state index contributed by atoms with van der Waals surface area (Å²) in [5.74, 6) is 0.0886. The van der Waals surface area contributed by atoms with Crippen molar-refractivity contribution in [2.24, 2.45) is 0 Å². The van der Waals surface area contributed by atoms with Crippen LogP contribution in [0.15, 0.2) is 17.5 Å². The van der Waals surface area contributed by atoms with E-state index in [1.807, 2.05) is 17.5 Å². The molecule has 1 rings (SSSR count). The van der Waals surface area contributed by atoms with Crippen LogP contribution in [0.3, 0.4) is 0 Å². The van der Waals surface area contributed by atoms with E-state index in [-0.39, 0.29) is 17.6 Å². The van der Waals surface area contributed by atoms with Gasteiger partial charge in [-0.1, -0.05) is 6.07 Å². The molecule has 17 heavy (non-hydrogen) atoms. The van der Waals surface area contributed by atoms with Crippen molar-refractivity contribution in [3.8, 4) is 0 Å². The van der Waals surface area contributed by atoms with Gasteiger partial charge in [-0.2, -0.15) is 0 Å². The van der Waals surface area contributed by atoms with Gasteiger partial charge in [-0.3, -0.25) is 0 Å². The number of nitrogens with one attached hydrogen (secondary N) is 1. The Morgan fingerprint density at radius 3 is 2.88 bits per heavy atom. The van der Waals surface area contributed by atoms with Crippen molar-refractivity contribution in [3.05, 3.63) is 22.4 Å². The normalized spacial score (nSPS) is 13.8. The maximum Gasteiger partial charge on any atom is 0.156 e. The van der Waals surface area contributed by atoms with Gasteiger partial charge in [-0.15, -0.1) is 11.3 Å². The van der Waals surface area contributed by atoms with E-state index in [2.05, 4.69) is 5.32 Å². The second kappa shape index (κ2) is 7.10. The number of hydrogen-bond donors (Lipinski definition) is 1. The molecule has 0 aliphatic heterocycles. The summed E-state index contributed by atoms with van der Waals surface area (Å²) in [5.41, 5.74) is 0. The Balaban J connectivity index is 2.31. The van der Waals surface area contributed by atoms with E-state index in [1.54, 1.807) is 18.3 Å². The van der Waals surface area contributed by atoms with Crippen LogP contribution in [0.2, 0.25) is 0 Å². The lowest BCUT2D eigenvalue weighted by Crippen LogP contribution is -2.33. The van der Waals surface area contributed by atoms with E-state index in [0.29, 0.717) is 6.54 Å². The Bertz CT molecular complexity index is 400. The van der Waals surface area contributed by atoms with Gasteiger partial charge in [0.05, 0.1) is 17.6 Å². The first-order valence-corrected chi connectivity index (χ1v) is 8.09. The van der Waals surface area contributed by atoms with Crippen molar-refractivity contribution < 1.29 is 13.2 Å². The molecule has 1 aromatic rings. The molecule has 98 valence electrons. The van der Waals surface area contributed by atoms with Crippen molar-refractivity contribution >= 4 is 21.2 Å². The van der Waals surface area contributed by atoms with E-state index in [4.69, 9.17) is 4.74 Å². The highest BCUT2D eigenvalue weighted by Crippen LogP contribution is 2.08. The van der Waals surface area contributed by atoms with E-state index < -0.39 is 9.84 Å². The number of hydrogen-bond acceptors (Lipinski definition) is 5. The van der Waals surface area contributed by atoms with Gasteiger partial charge in [0.1, 0.15) is 0 Å². The average Bonchev–Trinajstić information content (AvgIpc) is 2.79. The minimum Gasteiger partial charge on any atom is -0.384 e. The largest absolute Gasteiger partial charge is 0.384 e. The minimum absolute atomic E-state index is 0.0886. The van der Waals surface area contributed by atoms with Crippen molar-refractivity contribution in [3.63, 3.8) is 0 Å². The van der Waals surface area contributed by atoms with E-state index in [0.717, 1.165) is 6.54 Å². The van der Waals surface area contributed by atoms with Gasteiger partial charge in [-0.25, -0.2) is 8.42 Å². The molecular formula is C11H19NO3S2. The number of rotatable bonds is 8. The Morgan fingerprint density at radius 1 is 1.53 bits per heavy atom. The minimum atomic E-state index is -3.05. The van der Waals surface area contributed by atoms with Crippen molar-refractivity contribution in [2.75, 3.05) is 26.0 Å². The molecule has 1 N–H and O–H groups in total. The molecule has 0 saturated heterocycles. The number of thiophene rings is 1. The highest BCUT2D eigenvalue weighted by Gasteiger charge is 2.19. The van der Waals surface area contributed by atoms with Crippen LogP contribution < -0.4 is 5.32 Å². The molecular weight excluding hydrogens is 258 g/mol. The predicted molar refractivity (Wildman–Crippen MR) is 71.2 cm³/mol. The molecule has 0 radical (unpaired) electrons. The number of methoxy groups -OCH3 is 1. The van der Waals surface area contributed by atoms with Gasteiger partial charge >= 0.3 is 0 Å². The maximum absolute atomic E-state index is 11.8. The molecule has 1 atom stereocenters. The van der Waals surface area contributed by atoms with Gasteiger partial charge in [0.2, 0.25) is 0 Å². The van der Waals surface area contributed by atoms with Crippen LogP contribution in [0.5, 0.6) is 0 Å². The van der Waals surface area contributed by atoms with Crippen LogP contribution in [0.25, 0.3) is 0 Å². The summed E-state index contributed by atoms with van der Waals surface area (Å²) >= 11 is 1.66. The molecule has 0 fully saturated rings. The van der Waals surface area contributed by atoms with Gasteiger partial charge in [0.15, 0.2) is 9.84 Å². The van der Waals surface area contributed by atoms with Gasteiger partial charge < -0.3 is 10.1 Å². The van der Waals surface area contributed by atoms with Crippen LogP contribution >= 0.6 is 11.3 Å². The van der Waals surface area contributed by atoms with E-state index in [9.17, 15) is 8.42 Å². The SMILES string of the molecule is COCCS(=O)(=O)C(C)CNCc1cccs1. The number of ether oxygens (including phenoxy) is 1. The molecule has 1 aromatic heterocycles. The topological polar surface area (TPSA) is 55.4 Å². The quantitative estimate of drug-likeness (QED) is 0.778. The zero-order valence-corrected chi connectivity index (χ0v) is 11.8. The third-order valence-corrected chi connectivity index (χ3v) is 5.50. The van der Waals surface area contributed by atoms with Crippen LogP contribution in [-0.2, 0) is 21.1 Å². The third kappa shape index (κ3) is 5.16. The zero-order chi connectivity index (χ0) is 12.7. The molecule has 1 heterocycles. The van der Waals surface area contributed by atoms with Gasteiger partial charge in [0, 0.05) is 25.1 Å². The summed E-state index contributed by atoms with van der Waals surface area (Å²) < 4.78 is 28.3. The van der Waals surface area contributed by atoms with Crippen molar-refractivity contribution in [1.82, 2.24) is 5.32 Å². The Hall–Kier alpha value is -0.430. The highest BCUT2D eigenvalue weighted by atomic mass is 32.2. The maximum atomic E-state index is 11.8. The van der Waals surface area contributed by atoms with Gasteiger partial charge in [-0.05, 0) is 18.4 Å². The Labute approximate surface area is 107 Å². The molecule has 0 amide bonds. The summed E-state index contributed by atoms with van der Waals surface area (Å²) in [4.78, 5) is 1.21. The summed E-state index contributed by atoms with van der Waals surface area (Å²) in [7, 11) is -1.54. The van der Waals surface area contributed by atoms with Crippen LogP contribution in [-0.4, -0.2) is 39.7 Å². The fourth-order valence-corrected chi connectivity index (χ4v) is 3.19. The third-order valence-electron chi connectivity index (χ3n) is 2.50. The molecule has 0 aliphatic rings. The van der Waals surface area contributed by atoms with E-state index in [1.165, 1.54) is 12.0 Å². The fourth-order valence-electron chi connectivity index (χ4n) is 1.34. The lowest BCUT2D eigenvalue weighted by atomic mass is 10.4. The molecule has 0 aliphatic carbocycles. The Kier molecular flexibility index (Phi) is 6.11. The summed E-state index contributed by atoms with van der Waals surface area (Å²) in [6, 6.07) is 4.02. The molecule has 1 unspecified atom stereocenters. The molecule has 0 bridgehead atoms. The highest BCUT2D eigenvalue weighted by molar-refractivity contribution is 7.92. The fraction of sp³-hybridized carbons (Fsp3) is 0.636. The molecule has 6 heteroatoms. The van der Waals surface area contributed by atoms with Crippen molar-refractivity contribution in [1.29, 1.82) is 0 Å². The lowest BCUT2D eigenvalue weighted by Gasteiger charge is -2.13. The summed E-state index contributed by atoms with van der Waals surface area (Å²) in [6.45, 7) is 3.19. The second-order valence-corrected chi connectivity index (χ2v) is 7.45. The molecule has 4 nitrogen and oxygen atoms in total. The monoisotopic (exact) mass is 277 g/mol. The first kappa shape index (κ1) is 14.6. The lowest BCUT2D eigenvalue weighted by molar-refractivity contribution is 0.217. The zero-order valence-electron chi connectivity index (χ0n) is 10.2. The molecule has 0 spiro atoms. The number of sulfone groups is 1. The first-order chi connectivity index (χ1) is 8.06. The van der Waals surface area contributed by atoms with Crippen LogP contribution in [0.4, 0.5) is 0 Å². The first-order valence-electron chi connectivity index (χ1n) is 5.50. The standard InChI is InChI=1S/C11H19NO3S2/c1-10(17(13,14)7-5-15-2)8-12-9-11-4-3-6-16-11/h3-4,6,10,12H,5,7-9H2,1-2H3. The Morgan fingerprint density at radius 2 is 2.29 bits per heavy atom. The van der Waals surface area contributed by atoms with Gasteiger partial charge in [0.25, 0.3) is 0 Å². The van der Waals surface area contributed by atoms with E-state index >= 15 is 0 Å². The summed E-state index contributed by atoms with van der Waals surface area (Å²) in [5, 5.41) is 4.79. The average molecular weight is 277 g/mol. The summed E-state index contributed by atoms with van der Waals surface area (Å²) in [6.07, 6.45) is 0. The van der Waals surface area contributed by atoms with Crippen LogP contribution in [0, 0.1) is 0 Å². The van der Waals surface area contributed by atoms with Crippen LogP contribution in [0.1, 0.15) is 11.8 Å². The molecule has 0 saturated carbocycles.